The Morgan fingerprint density at radius 3 is 2.00 bits per heavy atom. The lowest BCUT2D eigenvalue weighted by Crippen LogP contribution is -2.05. The second kappa shape index (κ2) is 6.44. The molecule has 1 rings (SSSR count). The Morgan fingerprint density at radius 2 is 1.58 bits per heavy atom. The van der Waals surface area contributed by atoms with Crippen LogP contribution in [-0.4, -0.2) is 17.5 Å². The molecule has 0 saturated carbocycles. The van der Waals surface area contributed by atoms with E-state index < -0.39 is 5.97 Å². The second-order valence-corrected chi connectivity index (χ2v) is 3.86. The second-order valence-electron chi connectivity index (χ2n) is 3.86. The fraction of sp³-hybridized carbons (Fsp3) is 0.133. The first-order chi connectivity index (χ1) is 8.93. The van der Waals surface area contributed by atoms with E-state index in [2.05, 4.69) is 6.58 Å². The molecule has 19 heavy (non-hydrogen) atoms. The third kappa shape index (κ3) is 4.35. The smallest absolute Gasteiger partial charge is 0.335 e. The van der Waals surface area contributed by atoms with Crippen LogP contribution in [0.3, 0.4) is 0 Å². The number of carbonyl (C=O) groups excluding carboxylic acids is 3. The molecule has 4 nitrogen and oxygen atoms in total. The van der Waals surface area contributed by atoms with Gasteiger partial charge in [-0.1, -0.05) is 18.7 Å². The maximum Gasteiger partial charge on any atom is 0.335 e. The van der Waals surface area contributed by atoms with Gasteiger partial charge in [-0.05, 0) is 37.6 Å². The van der Waals surface area contributed by atoms with E-state index in [0.717, 1.165) is 6.08 Å². The standard InChI is InChI=1S/C15H14O4/c1-4-15(18)19-13-7-5-12(6-8-13)9-14(10(2)16)11(3)17/h4-9H,1H2,2-3H3. The average Bonchev–Trinajstić information content (AvgIpc) is 2.36. The van der Waals surface area contributed by atoms with Crippen molar-refractivity contribution in [3.8, 4) is 5.75 Å². The lowest BCUT2D eigenvalue weighted by Gasteiger charge is -2.02. The van der Waals surface area contributed by atoms with E-state index in [1.54, 1.807) is 24.3 Å². The lowest BCUT2D eigenvalue weighted by molar-refractivity contribution is -0.129. The molecular formula is C15H14O4. The van der Waals surface area contributed by atoms with Crippen LogP contribution in [0.1, 0.15) is 19.4 Å². The van der Waals surface area contributed by atoms with Gasteiger partial charge in [-0.2, -0.15) is 0 Å². The summed E-state index contributed by atoms with van der Waals surface area (Å²) in [7, 11) is 0. The number of Topliss-reactive ketones (excluding diaryl/α,β-unsaturated/α-hetero) is 2. The zero-order chi connectivity index (χ0) is 14.4. The van der Waals surface area contributed by atoms with Gasteiger partial charge in [0.25, 0.3) is 0 Å². The first-order valence-corrected chi connectivity index (χ1v) is 5.62. The molecule has 0 aromatic heterocycles. The third-order valence-electron chi connectivity index (χ3n) is 2.33. The van der Waals surface area contributed by atoms with E-state index in [0.29, 0.717) is 11.3 Å². The largest absolute Gasteiger partial charge is 0.423 e. The van der Waals surface area contributed by atoms with Gasteiger partial charge in [0, 0.05) is 6.08 Å². The molecule has 0 fully saturated rings. The van der Waals surface area contributed by atoms with Crippen LogP contribution in [0.15, 0.2) is 42.5 Å². The number of carbonyl (C=O) groups is 3. The molecule has 0 aliphatic carbocycles. The minimum absolute atomic E-state index is 0.135. The topological polar surface area (TPSA) is 60.4 Å². The highest BCUT2D eigenvalue weighted by Crippen LogP contribution is 2.15. The first-order valence-electron chi connectivity index (χ1n) is 5.62. The molecule has 0 bridgehead atoms. The molecule has 0 spiro atoms. The number of hydrogen-bond acceptors (Lipinski definition) is 4. The van der Waals surface area contributed by atoms with E-state index in [4.69, 9.17) is 4.74 Å². The zero-order valence-corrected chi connectivity index (χ0v) is 10.8. The maximum absolute atomic E-state index is 11.3. The SMILES string of the molecule is C=CC(=O)Oc1ccc(C=C(C(C)=O)C(C)=O)cc1. The summed E-state index contributed by atoms with van der Waals surface area (Å²) in [5.41, 5.74) is 0.814. The molecule has 0 amide bonds. The van der Waals surface area contributed by atoms with Gasteiger partial charge in [-0.15, -0.1) is 0 Å². The molecule has 0 heterocycles. The molecule has 1 aromatic carbocycles. The Morgan fingerprint density at radius 1 is 1.05 bits per heavy atom. The lowest BCUT2D eigenvalue weighted by atomic mass is 10.0. The highest BCUT2D eigenvalue weighted by atomic mass is 16.5. The fourth-order valence-electron chi connectivity index (χ4n) is 1.41. The van der Waals surface area contributed by atoms with Crippen LogP contribution in [0.2, 0.25) is 0 Å². The highest BCUT2D eigenvalue weighted by molar-refractivity contribution is 6.21. The molecule has 0 radical (unpaired) electrons. The number of ketones is 2. The van der Waals surface area contributed by atoms with E-state index in [9.17, 15) is 14.4 Å². The third-order valence-corrected chi connectivity index (χ3v) is 2.33. The Labute approximate surface area is 111 Å². The first kappa shape index (κ1) is 14.6. The summed E-state index contributed by atoms with van der Waals surface area (Å²) in [6.45, 7) is 5.97. The normalized spacial score (nSPS) is 9.37. The predicted molar refractivity (Wildman–Crippen MR) is 71.6 cm³/mol. The van der Waals surface area contributed by atoms with Gasteiger partial charge < -0.3 is 4.74 Å². The monoisotopic (exact) mass is 258 g/mol. The van der Waals surface area contributed by atoms with Gasteiger partial charge in [0.15, 0.2) is 11.6 Å². The van der Waals surface area contributed by atoms with Crippen molar-refractivity contribution in [2.45, 2.75) is 13.8 Å². The van der Waals surface area contributed by atoms with Crippen LogP contribution < -0.4 is 4.74 Å². The molecule has 98 valence electrons. The Balaban J connectivity index is 2.95. The zero-order valence-electron chi connectivity index (χ0n) is 10.8. The summed E-state index contributed by atoms with van der Waals surface area (Å²) in [5.74, 6) is -0.741. The maximum atomic E-state index is 11.3. The number of esters is 1. The van der Waals surface area contributed by atoms with Gasteiger partial charge in [0.1, 0.15) is 5.75 Å². The van der Waals surface area contributed by atoms with Crippen molar-refractivity contribution in [2.75, 3.05) is 0 Å². The summed E-state index contributed by atoms with van der Waals surface area (Å²) >= 11 is 0. The molecule has 4 heteroatoms. The number of allylic oxidation sites excluding steroid dienone is 1. The van der Waals surface area contributed by atoms with Crippen molar-refractivity contribution in [1.29, 1.82) is 0 Å². The van der Waals surface area contributed by atoms with Crippen LogP contribution in [0.25, 0.3) is 6.08 Å². The van der Waals surface area contributed by atoms with Gasteiger partial charge in [0.05, 0.1) is 5.57 Å². The molecule has 1 aromatic rings. The van der Waals surface area contributed by atoms with E-state index in [-0.39, 0.29) is 17.1 Å². The molecule has 0 saturated heterocycles. The Kier molecular flexibility index (Phi) is 4.94. The van der Waals surface area contributed by atoms with E-state index >= 15 is 0 Å². The number of ether oxygens (including phenoxy) is 1. The van der Waals surface area contributed by atoms with Crippen molar-refractivity contribution in [3.63, 3.8) is 0 Å². The van der Waals surface area contributed by atoms with Crippen molar-refractivity contribution in [2.24, 2.45) is 0 Å². The Hall–Kier alpha value is -2.49. The van der Waals surface area contributed by atoms with E-state index in [1.165, 1.54) is 19.9 Å². The summed E-state index contributed by atoms with van der Waals surface area (Å²) in [4.78, 5) is 33.5. The molecule has 0 aliphatic heterocycles. The summed E-state index contributed by atoms with van der Waals surface area (Å²) < 4.78 is 4.91. The van der Waals surface area contributed by atoms with Crippen molar-refractivity contribution >= 4 is 23.6 Å². The van der Waals surface area contributed by atoms with E-state index in [1.807, 2.05) is 0 Å². The molecule has 0 aliphatic rings. The van der Waals surface area contributed by atoms with Gasteiger partial charge in [0.2, 0.25) is 0 Å². The quantitative estimate of drug-likeness (QED) is 0.267. The molecule has 0 atom stereocenters. The number of benzene rings is 1. The molecular weight excluding hydrogens is 244 g/mol. The van der Waals surface area contributed by atoms with Crippen LogP contribution in [-0.2, 0) is 14.4 Å². The molecule has 0 N–H and O–H groups in total. The number of rotatable bonds is 5. The van der Waals surface area contributed by atoms with Crippen LogP contribution >= 0.6 is 0 Å². The van der Waals surface area contributed by atoms with Crippen LogP contribution in [0, 0.1) is 0 Å². The van der Waals surface area contributed by atoms with Gasteiger partial charge >= 0.3 is 5.97 Å². The van der Waals surface area contributed by atoms with Crippen molar-refractivity contribution in [1.82, 2.24) is 0 Å². The summed E-state index contributed by atoms with van der Waals surface area (Å²) in [5, 5.41) is 0. The van der Waals surface area contributed by atoms with Crippen LogP contribution in [0.4, 0.5) is 0 Å². The van der Waals surface area contributed by atoms with Crippen molar-refractivity contribution in [3.05, 3.63) is 48.1 Å². The summed E-state index contributed by atoms with van der Waals surface area (Å²) in [6.07, 6.45) is 2.57. The minimum Gasteiger partial charge on any atom is -0.423 e. The predicted octanol–water partition coefficient (Wildman–Crippen LogP) is 2.34. The highest BCUT2D eigenvalue weighted by Gasteiger charge is 2.09. The number of hydrogen-bond donors (Lipinski definition) is 0. The minimum atomic E-state index is -0.545. The molecule has 0 unspecified atom stereocenters. The van der Waals surface area contributed by atoms with Crippen LogP contribution in [0.5, 0.6) is 5.75 Å². The van der Waals surface area contributed by atoms with Gasteiger partial charge in [-0.25, -0.2) is 4.79 Å². The fourth-order valence-corrected chi connectivity index (χ4v) is 1.41. The van der Waals surface area contributed by atoms with Gasteiger partial charge in [-0.3, -0.25) is 9.59 Å². The van der Waals surface area contributed by atoms with Crippen molar-refractivity contribution < 1.29 is 19.1 Å². The average molecular weight is 258 g/mol. The summed E-state index contributed by atoms with van der Waals surface area (Å²) in [6, 6.07) is 6.45. The Bertz CT molecular complexity index is 534.